The minimum absolute atomic E-state index is 0.472. The first-order chi connectivity index (χ1) is 8.45. The third kappa shape index (κ3) is 2.05. The molecule has 0 aliphatic rings. The largest absolute Gasteiger partial charge is 0.480 e. The zero-order chi connectivity index (χ0) is 13.3. The normalized spacial score (nSPS) is 11.4. The lowest BCUT2D eigenvalue weighted by atomic mass is 10.2. The van der Waals surface area contributed by atoms with Crippen LogP contribution >= 0.6 is 11.8 Å². The number of thioether (sulfide) groups is 1. The average molecular weight is 261 g/mol. The van der Waals surface area contributed by atoms with Gasteiger partial charge < -0.3 is 5.11 Å². The summed E-state index contributed by atoms with van der Waals surface area (Å²) < 4.78 is 0.709. The summed E-state index contributed by atoms with van der Waals surface area (Å²) in [5.41, 5.74) is 1.08. The smallest absolute Gasteiger partial charge is 0.319 e. The molecule has 0 saturated carbocycles. The molecule has 0 spiro atoms. The Kier molecular flexibility index (Phi) is 3.01. The van der Waals surface area contributed by atoms with Crippen LogP contribution in [0.1, 0.15) is 19.5 Å². The van der Waals surface area contributed by atoms with E-state index in [1.807, 2.05) is 0 Å². The Morgan fingerprint density at radius 1 is 1.56 bits per heavy atom. The number of nitrogens with zero attached hydrogens (tertiary/aromatic N) is 3. The number of imidazole rings is 1. The molecule has 2 aromatic rings. The molecule has 2 heterocycles. The second-order valence-electron chi connectivity index (χ2n) is 4.23. The van der Waals surface area contributed by atoms with Crippen LogP contribution < -0.4 is 0 Å². The highest BCUT2D eigenvalue weighted by Crippen LogP contribution is 2.35. The number of aliphatic carboxylic acids is 1. The van der Waals surface area contributed by atoms with Gasteiger partial charge in [-0.05, 0) is 26.0 Å². The first kappa shape index (κ1) is 12.5. The number of pyridine rings is 1. The van der Waals surface area contributed by atoms with Gasteiger partial charge in [0.15, 0.2) is 5.65 Å². The van der Waals surface area contributed by atoms with Gasteiger partial charge in [0.2, 0.25) is 0 Å². The summed E-state index contributed by atoms with van der Waals surface area (Å²) >= 11 is 1.22. The van der Waals surface area contributed by atoms with Gasteiger partial charge in [0.05, 0.1) is 4.90 Å². The molecule has 2 aromatic heterocycles. The average Bonchev–Trinajstić information content (AvgIpc) is 2.78. The Morgan fingerprint density at radius 3 is 2.89 bits per heavy atom. The molecule has 2 rings (SSSR count). The Morgan fingerprint density at radius 2 is 2.28 bits per heavy atom. The number of fused-ring (bicyclic) bond motifs is 1. The third-order valence-electron chi connectivity index (χ3n) is 2.51. The van der Waals surface area contributed by atoms with E-state index in [4.69, 9.17) is 10.4 Å². The van der Waals surface area contributed by atoms with Gasteiger partial charge in [-0.3, -0.25) is 9.20 Å². The standard InChI is InChI=1S/C12H11N3O2S/c1-12(2,11(16)17)18-9-4-3-8(7-13)15-6-5-14-10(9)15/h3-6H,1-2H3,(H,16,17). The van der Waals surface area contributed by atoms with Gasteiger partial charge in [-0.25, -0.2) is 4.98 Å². The molecule has 0 atom stereocenters. The second-order valence-corrected chi connectivity index (χ2v) is 5.90. The summed E-state index contributed by atoms with van der Waals surface area (Å²) in [4.78, 5) is 16.0. The Labute approximate surface area is 108 Å². The lowest BCUT2D eigenvalue weighted by Crippen LogP contribution is -2.27. The molecular formula is C12H11N3O2S. The summed E-state index contributed by atoms with van der Waals surface area (Å²) in [6.45, 7) is 3.27. The fraction of sp³-hybridized carbons (Fsp3) is 0.250. The molecule has 0 unspecified atom stereocenters. The second kappa shape index (κ2) is 4.35. The first-order valence-corrected chi connectivity index (χ1v) is 6.06. The van der Waals surface area contributed by atoms with Crippen molar-refractivity contribution < 1.29 is 9.90 Å². The van der Waals surface area contributed by atoms with Gasteiger partial charge in [0.1, 0.15) is 16.5 Å². The summed E-state index contributed by atoms with van der Waals surface area (Å²) in [5.74, 6) is -0.887. The number of aromatic nitrogens is 2. The van der Waals surface area contributed by atoms with E-state index in [2.05, 4.69) is 11.1 Å². The van der Waals surface area contributed by atoms with Gasteiger partial charge >= 0.3 is 5.97 Å². The maximum absolute atomic E-state index is 11.1. The number of carboxylic acid groups (broad SMARTS) is 1. The zero-order valence-corrected chi connectivity index (χ0v) is 10.7. The number of carbonyl (C=O) groups is 1. The monoisotopic (exact) mass is 261 g/mol. The molecule has 0 saturated heterocycles. The van der Waals surface area contributed by atoms with Crippen molar-refractivity contribution in [3.05, 3.63) is 30.2 Å². The van der Waals surface area contributed by atoms with E-state index in [9.17, 15) is 4.79 Å². The summed E-state index contributed by atoms with van der Waals surface area (Å²) in [6.07, 6.45) is 3.28. The molecule has 0 amide bonds. The van der Waals surface area contributed by atoms with Crippen LogP contribution in [0.15, 0.2) is 29.4 Å². The van der Waals surface area contributed by atoms with Crippen molar-refractivity contribution in [3.8, 4) is 6.07 Å². The number of carboxylic acids is 1. The van der Waals surface area contributed by atoms with Crippen molar-refractivity contribution in [2.75, 3.05) is 0 Å². The molecule has 0 aromatic carbocycles. The van der Waals surface area contributed by atoms with E-state index in [0.29, 0.717) is 11.3 Å². The summed E-state index contributed by atoms with van der Waals surface area (Å²) in [5, 5.41) is 18.1. The summed E-state index contributed by atoms with van der Waals surface area (Å²) in [7, 11) is 0. The molecule has 0 radical (unpaired) electrons. The highest BCUT2D eigenvalue weighted by Gasteiger charge is 2.29. The van der Waals surface area contributed by atoms with E-state index >= 15 is 0 Å². The minimum atomic E-state index is -0.944. The van der Waals surface area contributed by atoms with Crippen molar-refractivity contribution in [1.29, 1.82) is 5.26 Å². The van der Waals surface area contributed by atoms with Gasteiger partial charge in [0.25, 0.3) is 0 Å². The van der Waals surface area contributed by atoms with Crippen LogP contribution in [0.4, 0.5) is 0 Å². The van der Waals surface area contributed by atoms with Gasteiger partial charge in [-0.2, -0.15) is 5.26 Å². The molecule has 0 aliphatic heterocycles. The maximum Gasteiger partial charge on any atom is 0.319 e. The van der Waals surface area contributed by atoms with E-state index in [1.165, 1.54) is 11.8 Å². The zero-order valence-electron chi connectivity index (χ0n) is 9.91. The fourth-order valence-corrected chi connectivity index (χ4v) is 2.49. The van der Waals surface area contributed by atoms with Gasteiger partial charge in [-0.15, -0.1) is 11.8 Å². The Bertz CT molecular complexity index is 655. The molecule has 6 heteroatoms. The predicted molar refractivity (Wildman–Crippen MR) is 67.5 cm³/mol. The number of rotatable bonds is 3. The Hall–Kier alpha value is -2.00. The van der Waals surface area contributed by atoms with Crippen LogP contribution in [0.2, 0.25) is 0 Å². The van der Waals surface area contributed by atoms with Crippen molar-refractivity contribution in [2.24, 2.45) is 0 Å². The first-order valence-electron chi connectivity index (χ1n) is 5.24. The van der Waals surface area contributed by atoms with Crippen molar-refractivity contribution in [1.82, 2.24) is 9.38 Å². The van der Waals surface area contributed by atoms with Crippen LogP contribution in [-0.4, -0.2) is 25.2 Å². The lowest BCUT2D eigenvalue weighted by Gasteiger charge is -2.18. The minimum Gasteiger partial charge on any atom is -0.480 e. The predicted octanol–water partition coefficient (Wildman–Crippen LogP) is 2.16. The van der Waals surface area contributed by atoms with E-state index in [1.54, 1.807) is 42.8 Å². The summed E-state index contributed by atoms with van der Waals surface area (Å²) in [6, 6.07) is 5.46. The van der Waals surface area contributed by atoms with Crippen molar-refractivity contribution in [3.63, 3.8) is 0 Å². The molecule has 0 aliphatic carbocycles. The van der Waals surface area contributed by atoms with Crippen LogP contribution in [0.5, 0.6) is 0 Å². The van der Waals surface area contributed by atoms with E-state index in [-0.39, 0.29) is 0 Å². The van der Waals surface area contributed by atoms with E-state index in [0.717, 1.165) is 4.90 Å². The molecule has 92 valence electrons. The quantitative estimate of drug-likeness (QED) is 0.856. The number of hydrogen-bond donors (Lipinski definition) is 1. The van der Waals surface area contributed by atoms with Crippen LogP contribution in [0.25, 0.3) is 5.65 Å². The van der Waals surface area contributed by atoms with E-state index < -0.39 is 10.7 Å². The molecule has 0 bridgehead atoms. The van der Waals surface area contributed by atoms with Crippen molar-refractivity contribution in [2.45, 2.75) is 23.5 Å². The molecule has 5 nitrogen and oxygen atoms in total. The van der Waals surface area contributed by atoms with Crippen LogP contribution in [0, 0.1) is 11.3 Å². The molecule has 0 fully saturated rings. The number of nitriles is 1. The highest BCUT2D eigenvalue weighted by molar-refractivity contribution is 8.01. The van der Waals surface area contributed by atoms with Crippen LogP contribution in [-0.2, 0) is 4.79 Å². The third-order valence-corrected chi connectivity index (χ3v) is 3.73. The van der Waals surface area contributed by atoms with Crippen LogP contribution in [0.3, 0.4) is 0 Å². The Balaban J connectivity index is 2.51. The molecule has 18 heavy (non-hydrogen) atoms. The number of hydrogen-bond acceptors (Lipinski definition) is 4. The lowest BCUT2D eigenvalue weighted by molar-refractivity contribution is -0.138. The maximum atomic E-state index is 11.1. The molecular weight excluding hydrogens is 250 g/mol. The SMILES string of the molecule is CC(C)(Sc1ccc(C#N)n2ccnc12)C(=O)O. The topological polar surface area (TPSA) is 78.4 Å². The van der Waals surface area contributed by atoms with Gasteiger partial charge in [-0.1, -0.05) is 0 Å². The van der Waals surface area contributed by atoms with Crippen molar-refractivity contribution >= 4 is 23.4 Å². The molecule has 1 N–H and O–H groups in total. The highest BCUT2D eigenvalue weighted by atomic mass is 32.2. The fourth-order valence-electron chi connectivity index (χ4n) is 1.48. The van der Waals surface area contributed by atoms with Gasteiger partial charge in [0, 0.05) is 12.4 Å².